The van der Waals surface area contributed by atoms with Crippen molar-refractivity contribution < 1.29 is 14.3 Å². The number of hydrogen-bond acceptors (Lipinski definition) is 6. The Labute approximate surface area is 135 Å². The minimum absolute atomic E-state index is 0.0258. The van der Waals surface area contributed by atoms with E-state index in [0.29, 0.717) is 0 Å². The van der Waals surface area contributed by atoms with Crippen LogP contribution in [0.4, 0.5) is 10.5 Å². The number of pyridine rings is 1. The maximum Gasteiger partial charge on any atom is 0.407 e. The molecule has 1 saturated carbocycles. The number of rotatable bonds is 4. The predicted molar refractivity (Wildman–Crippen MR) is 85.7 cm³/mol. The van der Waals surface area contributed by atoms with Crippen LogP contribution in [0.1, 0.15) is 46.5 Å². The lowest BCUT2D eigenvalue weighted by atomic mass is 9.93. The number of alkyl carbamates (subject to hydrolysis) is 1. The van der Waals surface area contributed by atoms with Crippen molar-refractivity contribution in [1.29, 1.82) is 0 Å². The number of hydrogen-bond donors (Lipinski definition) is 1. The van der Waals surface area contributed by atoms with Gasteiger partial charge in [0.05, 0.1) is 0 Å². The van der Waals surface area contributed by atoms with Gasteiger partial charge < -0.3 is 14.8 Å². The molecule has 0 aromatic carbocycles. The SMILES string of the molecule is CC(C)(C)OC(=O)NC1CCC(Oc2ncccc2N=O)CC1. The summed E-state index contributed by atoms with van der Waals surface area (Å²) < 4.78 is 11.0. The first-order valence-electron chi connectivity index (χ1n) is 7.82. The molecule has 1 N–H and O–H groups in total. The third-order valence-electron chi connectivity index (χ3n) is 3.52. The summed E-state index contributed by atoms with van der Waals surface area (Å²) in [4.78, 5) is 26.5. The number of amides is 1. The number of aromatic nitrogens is 1. The van der Waals surface area contributed by atoms with Gasteiger partial charge in [-0.1, -0.05) is 0 Å². The molecule has 0 spiro atoms. The molecule has 1 aromatic heterocycles. The molecule has 0 aliphatic heterocycles. The average molecular weight is 321 g/mol. The third kappa shape index (κ3) is 5.50. The fourth-order valence-corrected chi connectivity index (χ4v) is 2.50. The predicted octanol–water partition coefficient (Wildman–Crippen LogP) is 3.69. The van der Waals surface area contributed by atoms with E-state index in [1.54, 1.807) is 18.3 Å². The van der Waals surface area contributed by atoms with Gasteiger partial charge in [0.25, 0.3) is 0 Å². The lowest BCUT2D eigenvalue weighted by Crippen LogP contribution is -2.42. The maximum atomic E-state index is 11.8. The second-order valence-electron chi connectivity index (χ2n) is 6.66. The van der Waals surface area contributed by atoms with Crippen molar-refractivity contribution in [1.82, 2.24) is 10.3 Å². The molecule has 0 unspecified atom stereocenters. The van der Waals surface area contributed by atoms with Gasteiger partial charge in [0.1, 0.15) is 11.7 Å². The lowest BCUT2D eigenvalue weighted by Gasteiger charge is -2.30. The van der Waals surface area contributed by atoms with Gasteiger partial charge in [-0.15, -0.1) is 4.91 Å². The van der Waals surface area contributed by atoms with Crippen LogP contribution in [0.25, 0.3) is 0 Å². The second kappa shape index (κ2) is 7.39. The Balaban J connectivity index is 1.80. The van der Waals surface area contributed by atoms with Crippen molar-refractivity contribution in [3.05, 3.63) is 23.2 Å². The highest BCUT2D eigenvalue weighted by atomic mass is 16.6. The zero-order valence-electron chi connectivity index (χ0n) is 13.7. The first-order chi connectivity index (χ1) is 10.9. The van der Waals surface area contributed by atoms with Crippen LogP contribution >= 0.6 is 0 Å². The van der Waals surface area contributed by atoms with Crippen LogP contribution in [0.15, 0.2) is 23.5 Å². The van der Waals surface area contributed by atoms with Gasteiger partial charge in [0, 0.05) is 12.2 Å². The summed E-state index contributed by atoms with van der Waals surface area (Å²) >= 11 is 0. The summed E-state index contributed by atoms with van der Waals surface area (Å²) in [7, 11) is 0. The van der Waals surface area contributed by atoms with E-state index in [0.717, 1.165) is 25.7 Å². The Bertz CT molecular complexity index is 549. The molecular formula is C16H23N3O4. The van der Waals surface area contributed by atoms with Gasteiger partial charge in [0.2, 0.25) is 5.88 Å². The van der Waals surface area contributed by atoms with E-state index < -0.39 is 5.60 Å². The molecular weight excluding hydrogens is 298 g/mol. The Morgan fingerprint density at radius 3 is 2.61 bits per heavy atom. The quantitative estimate of drug-likeness (QED) is 0.854. The minimum Gasteiger partial charge on any atom is -0.473 e. The van der Waals surface area contributed by atoms with Crippen molar-refractivity contribution in [2.75, 3.05) is 0 Å². The molecule has 0 saturated heterocycles. The van der Waals surface area contributed by atoms with E-state index >= 15 is 0 Å². The average Bonchev–Trinajstić information content (AvgIpc) is 2.48. The standard InChI is InChI=1S/C16H23N3O4/c1-16(2,3)23-15(20)18-11-6-8-12(9-7-11)22-14-13(19-21)5-4-10-17-14/h4-5,10-12H,6-9H2,1-3H3,(H,18,20). The summed E-state index contributed by atoms with van der Waals surface area (Å²) in [6, 6.07) is 3.30. The number of nitrogens with one attached hydrogen (secondary N) is 1. The topological polar surface area (TPSA) is 89.9 Å². The van der Waals surface area contributed by atoms with Crippen LogP contribution < -0.4 is 10.1 Å². The Hall–Kier alpha value is -2.18. The second-order valence-corrected chi connectivity index (χ2v) is 6.66. The fraction of sp³-hybridized carbons (Fsp3) is 0.625. The monoisotopic (exact) mass is 321 g/mol. The van der Waals surface area contributed by atoms with Crippen molar-refractivity contribution in [2.24, 2.45) is 5.18 Å². The molecule has 7 heteroatoms. The van der Waals surface area contributed by atoms with Crippen LogP contribution in [-0.2, 0) is 4.74 Å². The van der Waals surface area contributed by atoms with E-state index in [1.807, 2.05) is 20.8 Å². The molecule has 0 radical (unpaired) electrons. The molecule has 1 fully saturated rings. The van der Waals surface area contributed by atoms with Crippen LogP contribution in [0, 0.1) is 4.91 Å². The van der Waals surface area contributed by atoms with Crippen LogP contribution in [0.3, 0.4) is 0 Å². The number of carbonyl (C=O) groups is 1. The van der Waals surface area contributed by atoms with Crippen molar-refractivity contribution in [3.63, 3.8) is 0 Å². The summed E-state index contributed by atoms with van der Waals surface area (Å²) in [5.74, 6) is 0.269. The van der Waals surface area contributed by atoms with Gasteiger partial charge in [-0.25, -0.2) is 9.78 Å². The number of nitroso groups, excluding NO2 is 1. The fourth-order valence-electron chi connectivity index (χ4n) is 2.50. The summed E-state index contributed by atoms with van der Waals surface area (Å²) in [6.45, 7) is 5.51. The Morgan fingerprint density at radius 2 is 2.00 bits per heavy atom. The summed E-state index contributed by atoms with van der Waals surface area (Å²) in [5.41, 5.74) is -0.289. The Kier molecular flexibility index (Phi) is 5.52. The molecule has 23 heavy (non-hydrogen) atoms. The van der Waals surface area contributed by atoms with E-state index in [9.17, 15) is 9.70 Å². The molecule has 0 atom stereocenters. The van der Waals surface area contributed by atoms with Crippen LogP contribution in [0.2, 0.25) is 0 Å². The number of carbonyl (C=O) groups excluding carboxylic acids is 1. The zero-order valence-corrected chi connectivity index (χ0v) is 13.7. The zero-order chi connectivity index (χ0) is 16.9. The van der Waals surface area contributed by atoms with Gasteiger partial charge in [0.15, 0.2) is 5.69 Å². The summed E-state index contributed by atoms with van der Waals surface area (Å²) in [5, 5.41) is 5.79. The molecule has 0 bridgehead atoms. The molecule has 7 nitrogen and oxygen atoms in total. The van der Waals surface area contributed by atoms with E-state index in [-0.39, 0.29) is 29.8 Å². The molecule has 2 rings (SSSR count). The maximum absolute atomic E-state index is 11.8. The van der Waals surface area contributed by atoms with Gasteiger partial charge in [-0.2, -0.15) is 0 Å². The molecule has 126 valence electrons. The van der Waals surface area contributed by atoms with Gasteiger partial charge >= 0.3 is 6.09 Å². The largest absolute Gasteiger partial charge is 0.473 e. The van der Waals surface area contributed by atoms with Crippen molar-refractivity contribution >= 4 is 11.8 Å². The van der Waals surface area contributed by atoms with Crippen molar-refractivity contribution in [3.8, 4) is 5.88 Å². The molecule has 1 aliphatic carbocycles. The van der Waals surface area contributed by atoms with Gasteiger partial charge in [-0.3, -0.25) is 0 Å². The number of ether oxygens (including phenoxy) is 2. The molecule has 1 aliphatic rings. The normalized spacial score (nSPS) is 21.3. The highest BCUT2D eigenvalue weighted by molar-refractivity contribution is 5.68. The molecule has 1 heterocycles. The van der Waals surface area contributed by atoms with E-state index in [1.165, 1.54) is 0 Å². The Morgan fingerprint density at radius 1 is 1.30 bits per heavy atom. The number of nitrogens with zero attached hydrogens (tertiary/aromatic N) is 2. The van der Waals surface area contributed by atoms with Gasteiger partial charge in [-0.05, 0) is 63.8 Å². The molecule has 1 aromatic rings. The van der Waals surface area contributed by atoms with Crippen molar-refractivity contribution in [2.45, 2.75) is 64.2 Å². The third-order valence-corrected chi connectivity index (χ3v) is 3.52. The van der Waals surface area contributed by atoms with Crippen LogP contribution in [-0.4, -0.2) is 28.8 Å². The van der Waals surface area contributed by atoms with E-state index in [4.69, 9.17) is 9.47 Å². The first-order valence-corrected chi connectivity index (χ1v) is 7.82. The van der Waals surface area contributed by atoms with Crippen LogP contribution in [0.5, 0.6) is 5.88 Å². The smallest absolute Gasteiger partial charge is 0.407 e. The first kappa shape index (κ1) is 17.2. The summed E-state index contributed by atoms with van der Waals surface area (Å²) in [6.07, 6.45) is 4.28. The minimum atomic E-state index is -0.498. The highest BCUT2D eigenvalue weighted by Crippen LogP contribution is 2.29. The highest BCUT2D eigenvalue weighted by Gasteiger charge is 2.26. The molecule has 1 amide bonds. The lowest BCUT2D eigenvalue weighted by molar-refractivity contribution is 0.0469. The van der Waals surface area contributed by atoms with E-state index in [2.05, 4.69) is 15.5 Å².